The van der Waals surface area contributed by atoms with Crippen molar-refractivity contribution >= 4 is 11.7 Å². The van der Waals surface area contributed by atoms with Crippen molar-refractivity contribution in [3.8, 4) is 0 Å². The molecule has 0 radical (unpaired) electrons. The summed E-state index contributed by atoms with van der Waals surface area (Å²) in [6.45, 7) is 3.43. The number of hydrogen-bond donors (Lipinski definition) is 1. The third-order valence-corrected chi connectivity index (χ3v) is 4.92. The number of anilines is 1. The molecule has 0 spiro atoms. The molecule has 1 N–H and O–H groups in total. The van der Waals surface area contributed by atoms with Crippen LogP contribution in [0.25, 0.3) is 0 Å². The van der Waals surface area contributed by atoms with Crippen molar-refractivity contribution in [1.82, 2.24) is 14.7 Å². The molecule has 2 heterocycles. The zero-order valence-electron chi connectivity index (χ0n) is 14.6. The quantitative estimate of drug-likeness (QED) is 0.885. The second-order valence-corrected chi connectivity index (χ2v) is 7.00. The molecule has 1 aromatic heterocycles. The Morgan fingerprint density at radius 3 is 2.50 bits per heavy atom. The van der Waals surface area contributed by atoms with E-state index < -0.39 is 11.6 Å². The maximum Gasteiger partial charge on any atom is 0.397 e. The van der Waals surface area contributed by atoms with Crippen LogP contribution in [-0.4, -0.2) is 40.0 Å². The number of carbonyl (C=O) groups is 1. The number of rotatable bonds is 3. The highest BCUT2D eigenvalue weighted by molar-refractivity contribution is 5.89. The van der Waals surface area contributed by atoms with E-state index in [1.807, 2.05) is 16.9 Å². The van der Waals surface area contributed by atoms with E-state index in [4.69, 9.17) is 0 Å². The van der Waals surface area contributed by atoms with Crippen molar-refractivity contribution < 1.29 is 18.0 Å². The third kappa shape index (κ3) is 3.54. The Balaban J connectivity index is 1.62. The predicted octanol–water partition coefficient (Wildman–Crippen LogP) is 4.20. The summed E-state index contributed by atoms with van der Waals surface area (Å²) >= 11 is 0. The van der Waals surface area contributed by atoms with Crippen molar-refractivity contribution in [2.45, 2.75) is 37.9 Å². The maximum atomic E-state index is 13.1. The minimum absolute atomic E-state index is 0.144. The van der Waals surface area contributed by atoms with E-state index in [0.29, 0.717) is 18.8 Å². The second-order valence-electron chi connectivity index (χ2n) is 7.00. The Morgan fingerprint density at radius 2 is 1.92 bits per heavy atom. The number of hydrogen-bond acceptors (Lipinski definition) is 2. The lowest BCUT2D eigenvalue weighted by Crippen LogP contribution is -2.36. The zero-order valence-corrected chi connectivity index (χ0v) is 14.6. The second kappa shape index (κ2) is 6.66. The summed E-state index contributed by atoms with van der Waals surface area (Å²) in [6, 6.07) is 7.53. The molecule has 0 unspecified atom stereocenters. The number of likely N-dealkylation sites (tertiary alicyclic amines) is 1. The smallest absolute Gasteiger partial charge is 0.322 e. The highest BCUT2D eigenvalue weighted by Crippen LogP contribution is 2.40. The van der Waals surface area contributed by atoms with Crippen molar-refractivity contribution in [3.05, 3.63) is 48.3 Å². The first-order chi connectivity index (χ1) is 12.2. The van der Waals surface area contributed by atoms with Gasteiger partial charge >= 0.3 is 12.2 Å². The number of alkyl halides is 3. The summed E-state index contributed by atoms with van der Waals surface area (Å²) in [5, 5.41) is 6.94. The van der Waals surface area contributed by atoms with Gasteiger partial charge in [-0.15, -0.1) is 0 Å². The van der Waals surface area contributed by atoms with Crippen LogP contribution in [-0.2, 0) is 5.41 Å². The number of amides is 2. The van der Waals surface area contributed by atoms with Gasteiger partial charge in [0.05, 0.1) is 11.5 Å². The van der Waals surface area contributed by atoms with Gasteiger partial charge < -0.3 is 10.2 Å². The Labute approximate surface area is 149 Å². The summed E-state index contributed by atoms with van der Waals surface area (Å²) in [7, 11) is 0. The number of carbonyl (C=O) groups excluding carboxylic acids is 1. The summed E-state index contributed by atoms with van der Waals surface area (Å²) in [5.41, 5.74) is -1.32. The average molecular weight is 366 g/mol. The van der Waals surface area contributed by atoms with Crippen LogP contribution in [0.15, 0.2) is 42.7 Å². The molecule has 3 rings (SSSR count). The first kappa shape index (κ1) is 18.3. The van der Waals surface area contributed by atoms with Crippen LogP contribution >= 0.6 is 0 Å². The standard InChI is InChI=1S/C18H21F3N4O/c1-17(2,18(19,20)21)13-4-6-14(7-5-13)23-16(26)24-11-8-15(12-24)25-10-3-9-22-25/h3-7,9-10,15H,8,11-12H2,1-2H3,(H,23,26)/t15-/m0/s1. The molecule has 8 heteroatoms. The highest BCUT2D eigenvalue weighted by atomic mass is 19.4. The van der Waals surface area contributed by atoms with Crippen LogP contribution in [0.3, 0.4) is 0 Å². The molecule has 0 aliphatic carbocycles. The largest absolute Gasteiger partial charge is 0.397 e. The lowest BCUT2D eigenvalue weighted by Gasteiger charge is -2.28. The molecule has 1 saturated heterocycles. The van der Waals surface area contributed by atoms with Crippen LogP contribution in [0.2, 0.25) is 0 Å². The van der Waals surface area contributed by atoms with Gasteiger partial charge in [0, 0.05) is 31.2 Å². The van der Waals surface area contributed by atoms with Crippen LogP contribution in [0.5, 0.6) is 0 Å². The average Bonchev–Trinajstić information content (AvgIpc) is 3.25. The topological polar surface area (TPSA) is 50.2 Å². The van der Waals surface area contributed by atoms with Gasteiger partial charge in [-0.3, -0.25) is 4.68 Å². The predicted molar refractivity (Wildman–Crippen MR) is 92.0 cm³/mol. The Kier molecular flexibility index (Phi) is 4.68. The summed E-state index contributed by atoms with van der Waals surface area (Å²) < 4.78 is 41.1. The molecule has 140 valence electrons. The molecule has 1 aliphatic heterocycles. The fraction of sp³-hybridized carbons (Fsp3) is 0.444. The van der Waals surface area contributed by atoms with Crippen LogP contribution in [0, 0.1) is 0 Å². The van der Waals surface area contributed by atoms with Gasteiger partial charge in [-0.1, -0.05) is 12.1 Å². The van der Waals surface area contributed by atoms with Crippen molar-refractivity contribution in [2.24, 2.45) is 0 Å². The fourth-order valence-corrected chi connectivity index (χ4v) is 2.98. The molecule has 0 bridgehead atoms. The van der Waals surface area contributed by atoms with E-state index in [2.05, 4.69) is 10.4 Å². The van der Waals surface area contributed by atoms with Gasteiger partial charge in [-0.2, -0.15) is 18.3 Å². The number of nitrogens with one attached hydrogen (secondary N) is 1. The number of nitrogens with zero attached hydrogens (tertiary/aromatic N) is 3. The fourth-order valence-electron chi connectivity index (χ4n) is 2.98. The van der Waals surface area contributed by atoms with E-state index in [-0.39, 0.29) is 17.6 Å². The van der Waals surface area contributed by atoms with Crippen LogP contribution < -0.4 is 5.32 Å². The minimum atomic E-state index is -4.34. The van der Waals surface area contributed by atoms with Gasteiger partial charge in [0.15, 0.2) is 0 Å². The van der Waals surface area contributed by atoms with Gasteiger partial charge in [-0.25, -0.2) is 4.79 Å². The SMILES string of the molecule is CC(C)(c1ccc(NC(=O)N2CC[C@H](n3cccn3)C2)cc1)C(F)(F)F. The Hall–Kier alpha value is -2.51. The first-order valence-corrected chi connectivity index (χ1v) is 8.41. The van der Waals surface area contributed by atoms with Crippen molar-refractivity contribution in [3.63, 3.8) is 0 Å². The van der Waals surface area contributed by atoms with Gasteiger partial charge in [0.1, 0.15) is 0 Å². The minimum Gasteiger partial charge on any atom is -0.322 e. The van der Waals surface area contributed by atoms with Crippen molar-refractivity contribution in [2.75, 3.05) is 18.4 Å². The third-order valence-electron chi connectivity index (χ3n) is 4.92. The molecule has 1 atom stereocenters. The molecule has 1 aromatic carbocycles. The van der Waals surface area contributed by atoms with Crippen LogP contribution in [0.4, 0.5) is 23.7 Å². The van der Waals surface area contributed by atoms with Gasteiger partial charge in [-0.05, 0) is 44.0 Å². The Morgan fingerprint density at radius 1 is 1.23 bits per heavy atom. The molecule has 5 nitrogen and oxygen atoms in total. The zero-order chi connectivity index (χ0) is 18.9. The normalized spacial score (nSPS) is 18.2. The Bertz CT molecular complexity index is 754. The molecule has 0 saturated carbocycles. The van der Waals surface area contributed by atoms with Crippen LogP contribution in [0.1, 0.15) is 31.9 Å². The number of halogens is 3. The molecule has 1 aliphatic rings. The highest BCUT2D eigenvalue weighted by Gasteiger charge is 2.48. The number of aromatic nitrogens is 2. The van der Waals surface area contributed by atoms with Gasteiger partial charge in [0.25, 0.3) is 0 Å². The molecular weight excluding hydrogens is 345 g/mol. The summed E-state index contributed by atoms with van der Waals surface area (Å²) in [5.74, 6) is 0. The first-order valence-electron chi connectivity index (χ1n) is 8.41. The van der Waals surface area contributed by atoms with E-state index in [0.717, 1.165) is 20.3 Å². The van der Waals surface area contributed by atoms with E-state index in [1.165, 1.54) is 24.3 Å². The lowest BCUT2D eigenvalue weighted by atomic mass is 9.84. The van der Waals surface area contributed by atoms with E-state index in [9.17, 15) is 18.0 Å². The summed E-state index contributed by atoms with van der Waals surface area (Å²) in [6.07, 6.45) is 0.0442. The van der Waals surface area contributed by atoms with Crippen molar-refractivity contribution in [1.29, 1.82) is 0 Å². The maximum absolute atomic E-state index is 13.1. The van der Waals surface area contributed by atoms with E-state index >= 15 is 0 Å². The molecule has 1 fully saturated rings. The summed E-state index contributed by atoms with van der Waals surface area (Å²) in [4.78, 5) is 14.1. The number of benzene rings is 1. The monoisotopic (exact) mass is 366 g/mol. The molecule has 2 amide bonds. The molecule has 26 heavy (non-hydrogen) atoms. The van der Waals surface area contributed by atoms with E-state index in [1.54, 1.807) is 11.1 Å². The molecular formula is C18H21F3N4O. The number of urea groups is 1. The lowest BCUT2D eigenvalue weighted by molar-refractivity contribution is -0.180. The molecule has 2 aromatic rings. The van der Waals surface area contributed by atoms with Gasteiger partial charge in [0.2, 0.25) is 0 Å².